The summed E-state index contributed by atoms with van der Waals surface area (Å²) < 4.78 is 10.2. The Morgan fingerprint density at radius 3 is 3.06 bits per heavy atom. The van der Waals surface area contributed by atoms with Gasteiger partial charge >= 0.3 is 0 Å². The molecule has 0 aliphatic heterocycles. The lowest BCUT2D eigenvalue weighted by molar-refractivity contribution is 0.367. The highest BCUT2D eigenvalue weighted by molar-refractivity contribution is 5.29. The van der Waals surface area contributed by atoms with Crippen molar-refractivity contribution >= 4 is 0 Å². The van der Waals surface area contributed by atoms with Crippen molar-refractivity contribution in [3.63, 3.8) is 0 Å². The summed E-state index contributed by atoms with van der Waals surface area (Å²) in [7, 11) is 3.49. The van der Waals surface area contributed by atoms with Crippen LogP contribution in [0.2, 0.25) is 0 Å². The van der Waals surface area contributed by atoms with Gasteiger partial charge in [0.2, 0.25) is 5.89 Å². The third kappa shape index (κ3) is 3.04. The van der Waals surface area contributed by atoms with Gasteiger partial charge in [0.05, 0.1) is 13.7 Å². The molecule has 1 aromatic carbocycles. The molecule has 0 fully saturated rings. The monoisotopic (exact) mass is 233 g/mol. The van der Waals surface area contributed by atoms with E-state index in [9.17, 15) is 0 Å². The highest BCUT2D eigenvalue weighted by Gasteiger charge is 2.06. The summed E-state index contributed by atoms with van der Waals surface area (Å²) >= 11 is 0. The standard InChI is InChI=1S/C12H15N3O2/c1-13-8-12-14-11(15-17-12)7-9-4-3-5-10(6-9)16-2/h3-6,13H,7-8H2,1-2H3. The maximum Gasteiger partial charge on any atom is 0.240 e. The Hall–Kier alpha value is -1.88. The van der Waals surface area contributed by atoms with Gasteiger partial charge in [0.1, 0.15) is 5.75 Å². The van der Waals surface area contributed by atoms with E-state index in [0.29, 0.717) is 24.7 Å². The van der Waals surface area contributed by atoms with E-state index in [1.54, 1.807) is 7.11 Å². The van der Waals surface area contributed by atoms with E-state index < -0.39 is 0 Å². The van der Waals surface area contributed by atoms with E-state index in [-0.39, 0.29) is 0 Å². The van der Waals surface area contributed by atoms with Crippen LogP contribution in [0, 0.1) is 0 Å². The van der Waals surface area contributed by atoms with E-state index in [1.807, 2.05) is 31.3 Å². The van der Waals surface area contributed by atoms with E-state index in [4.69, 9.17) is 9.26 Å². The molecule has 0 saturated heterocycles. The van der Waals surface area contributed by atoms with Gasteiger partial charge in [-0.25, -0.2) is 0 Å². The fourth-order valence-corrected chi connectivity index (χ4v) is 1.55. The number of ether oxygens (including phenoxy) is 1. The average molecular weight is 233 g/mol. The van der Waals surface area contributed by atoms with Gasteiger partial charge in [0.15, 0.2) is 5.82 Å². The molecule has 0 radical (unpaired) electrons. The predicted molar refractivity (Wildman–Crippen MR) is 62.9 cm³/mol. The first-order chi connectivity index (χ1) is 8.31. The van der Waals surface area contributed by atoms with Crippen LogP contribution in [0.15, 0.2) is 28.8 Å². The summed E-state index contributed by atoms with van der Waals surface area (Å²) in [5.41, 5.74) is 1.10. The zero-order valence-corrected chi connectivity index (χ0v) is 9.93. The number of methoxy groups -OCH3 is 1. The summed E-state index contributed by atoms with van der Waals surface area (Å²) in [4.78, 5) is 4.27. The molecule has 0 spiro atoms. The maximum atomic E-state index is 5.16. The Morgan fingerprint density at radius 1 is 1.41 bits per heavy atom. The molecule has 5 heteroatoms. The summed E-state index contributed by atoms with van der Waals surface area (Å²) in [6.07, 6.45) is 0.643. The Bertz CT molecular complexity index is 482. The van der Waals surface area contributed by atoms with E-state index in [1.165, 1.54) is 0 Å². The van der Waals surface area contributed by atoms with Gasteiger partial charge in [0.25, 0.3) is 0 Å². The summed E-state index contributed by atoms with van der Waals surface area (Å²) in [6.45, 7) is 0.588. The average Bonchev–Trinajstić information content (AvgIpc) is 2.77. The van der Waals surface area contributed by atoms with Crippen molar-refractivity contribution in [2.45, 2.75) is 13.0 Å². The minimum Gasteiger partial charge on any atom is -0.497 e. The van der Waals surface area contributed by atoms with Crippen LogP contribution in [0.1, 0.15) is 17.3 Å². The second-order valence-electron chi connectivity index (χ2n) is 3.66. The first-order valence-electron chi connectivity index (χ1n) is 5.41. The molecule has 0 aliphatic carbocycles. The second kappa shape index (κ2) is 5.45. The van der Waals surface area contributed by atoms with Crippen LogP contribution in [0.4, 0.5) is 0 Å². The van der Waals surface area contributed by atoms with Crippen molar-refractivity contribution in [2.75, 3.05) is 14.2 Å². The number of benzene rings is 1. The normalized spacial score (nSPS) is 10.5. The second-order valence-corrected chi connectivity index (χ2v) is 3.66. The van der Waals surface area contributed by atoms with Crippen molar-refractivity contribution in [3.05, 3.63) is 41.5 Å². The SMILES string of the molecule is CNCc1nc(Cc2cccc(OC)c2)no1. The molecule has 17 heavy (non-hydrogen) atoms. The van der Waals surface area contributed by atoms with E-state index in [0.717, 1.165) is 11.3 Å². The third-order valence-electron chi connectivity index (χ3n) is 2.33. The minimum atomic E-state index is 0.588. The molecule has 0 unspecified atom stereocenters. The minimum absolute atomic E-state index is 0.588. The van der Waals surface area contributed by atoms with Gasteiger partial charge in [-0.2, -0.15) is 4.98 Å². The van der Waals surface area contributed by atoms with Crippen LogP contribution in [-0.4, -0.2) is 24.3 Å². The molecule has 0 bridgehead atoms. The topological polar surface area (TPSA) is 60.2 Å². The maximum absolute atomic E-state index is 5.16. The smallest absolute Gasteiger partial charge is 0.240 e. The predicted octanol–water partition coefficient (Wildman–Crippen LogP) is 1.39. The highest BCUT2D eigenvalue weighted by Crippen LogP contribution is 2.14. The molecular formula is C12H15N3O2. The molecule has 1 aromatic heterocycles. The van der Waals surface area contributed by atoms with E-state index >= 15 is 0 Å². The van der Waals surface area contributed by atoms with Crippen molar-refractivity contribution < 1.29 is 9.26 Å². The lowest BCUT2D eigenvalue weighted by Gasteiger charge is -2.01. The summed E-state index contributed by atoms with van der Waals surface area (Å²) in [5.74, 6) is 2.12. The largest absolute Gasteiger partial charge is 0.497 e. The Labute approximate surface area is 99.8 Å². The first kappa shape index (κ1) is 11.6. The number of nitrogens with one attached hydrogen (secondary N) is 1. The van der Waals surface area contributed by atoms with E-state index in [2.05, 4.69) is 15.5 Å². The Balaban J connectivity index is 2.08. The first-order valence-corrected chi connectivity index (χ1v) is 5.41. The number of hydrogen-bond donors (Lipinski definition) is 1. The Morgan fingerprint density at radius 2 is 2.29 bits per heavy atom. The summed E-state index contributed by atoms with van der Waals surface area (Å²) in [6, 6.07) is 7.83. The molecule has 90 valence electrons. The van der Waals surface area contributed by atoms with Crippen molar-refractivity contribution in [1.82, 2.24) is 15.5 Å². The molecule has 0 aliphatic rings. The number of nitrogens with zero attached hydrogens (tertiary/aromatic N) is 2. The quantitative estimate of drug-likeness (QED) is 0.845. The zero-order chi connectivity index (χ0) is 12.1. The fraction of sp³-hybridized carbons (Fsp3) is 0.333. The lowest BCUT2D eigenvalue weighted by Crippen LogP contribution is -2.05. The molecule has 1 heterocycles. The zero-order valence-electron chi connectivity index (χ0n) is 9.93. The van der Waals surface area contributed by atoms with Gasteiger partial charge in [-0.3, -0.25) is 0 Å². The van der Waals surface area contributed by atoms with Gasteiger partial charge in [-0.15, -0.1) is 0 Å². The van der Waals surface area contributed by atoms with Gasteiger partial charge < -0.3 is 14.6 Å². The van der Waals surface area contributed by atoms with Gasteiger partial charge in [-0.1, -0.05) is 17.3 Å². The molecule has 0 atom stereocenters. The molecule has 5 nitrogen and oxygen atoms in total. The van der Waals surface area contributed by atoms with Crippen molar-refractivity contribution in [3.8, 4) is 5.75 Å². The summed E-state index contributed by atoms with van der Waals surface area (Å²) in [5, 5.41) is 6.88. The molecular weight excluding hydrogens is 218 g/mol. The van der Waals surface area contributed by atoms with Crippen LogP contribution in [-0.2, 0) is 13.0 Å². The van der Waals surface area contributed by atoms with Crippen LogP contribution in [0.25, 0.3) is 0 Å². The number of rotatable bonds is 5. The third-order valence-corrected chi connectivity index (χ3v) is 2.33. The molecule has 0 saturated carbocycles. The van der Waals surface area contributed by atoms with Crippen molar-refractivity contribution in [1.29, 1.82) is 0 Å². The van der Waals surface area contributed by atoms with Gasteiger partial charge in [0, 0.05) is 6.42 Å². The van der Waals surface area contributed by atoms with Crippen LogP contribution < -0.4 is 10.1 Å². The Kier molecular flexibility index (Phi) is 3.72. The lowest BCUT2D eigenvalue weighted by atomic mass is 10.1. The van der Waals surface area contributed by atoms with Gasteiger partial charge in [-0.05, 0) is 24.7 Å². The molecule has 0 amide bonds. The number of aromatic nitrogens is 2. The van der Waals surface area contributed by atoms with Crippen LogP contribution in [0.5, 0.6) is 5.75 Å². The van der Waals surface area contributed by atoms with Crippen LogP contribution in [0.3, 0.4) is 0 Å². The molecule has 2 rings (SSSR count). The molecule has 2 aromatic rings. The highest BCUT2D eigenvalue weighted by atomic mass is 16.5. The fourth-order valence-electron chi connectivity index (χ4n) is 1.55. The number of hydrogen-bond acceptors (Lipinski definition) is 5. The van der Waals surface area contributed by atoms with Crippen LogP contribution >= 0.6 is 0 Å². The van der Waals surface area contributed by atoms with Crippen molar-refractivity contribution in [2.24, 2.45) is 0 Å². The molecule has 1 N–H and O–H groups in total.